The Morgan fingerprint density at radius 3 is 2.22 bits per heavy atom. The zero-order chi connectivity index (χ0) is 17.0. The van der Waals surface area contributed by atoms with Crippen LogP contribution in [-0.2, 0) is 11.3 Å². The van der Waals surface area contributed by atoms with Gasteiger partial charge in [0.2, 0.25) is 5.91 Å². The Balaban J connectivity index is 2.23. The quantitative estimate of drug-likeness (QED) is 0.936. The summed E-state index contributed by atoms with van der Waals surface area (Å²) < 4.78 is 0. The molecule has 2 N–H and O–H groups in total. The van der Waals surface area contributed by atoms with Crippen molar-refractivity contribution in [3.63, 3.8) is 0 Å². The van der Waals surface area contributed by atoms with Gasteiger partial charge in [0.05, 0.1) is 6.04 Å². The van der Waals surface area contributed by atoms with Gasteiger partial charge in [0.1, 0.15) is 0 Å². The van der Waals surface area contributed by atoms with E-state index in [9.17, 15) is 4.79 Å². The zero-order valence-corrected chi connectivity index (χ0v) is 14.4. The topological polar surface area (TPSA) is 46.3 Å². The van der Waals surface area contributed by atoms with E-state index in [1.54, 1.807) is 4.90 Å². The van der Waals surface area contributed by atoms with Crippen LogP contribution in [0.15, 0.2) is 54.6 Å². The normalized spacial score (nSPS) is 12.7. The van der Waals surface area contributed by atoms with Crippen LogP contribution in [-0.4, -0.2) is 23.9 Å². The molecule has 2 rings (SSSR count). The summed E-state index contributed by atoms with van der Waals surface area (Å²) in [7, 11) is 1.82. The third kappa shape index (κ3) is 4.20. The van der Waals surface area contributed by atoms with E-state index < -0.39 is 6.04 Å². The predicted molar refractivity (Wildman–Crippen MR) is 95.8 cm³/mol. The summed E-state index contributed by atoms with van der Waals surface area (Å²) in [6, 6.07) is 17.9. The van der Waals surface area contributed by atoms with Gasteiger partial charge in [0.15, 0.2) is 0 Å². The lowest BCUT2D eigenvalue weighted by atomic mass is 9.86. The summed E-state index contributed by atoms with van der Waals surface area (Å²) in [5.41, 5.74) is 9.29. The third-order valence-electron chi connectivity index (χ3n) is 4.08. The summed E-state index contributed by atoms with van der Waals surface area (Å²) >= 11 is 0. The molecule has 0 fully saturated rings. The summed E-state index contributed by atoms with van der Waals surface area (Å²) in [4.78, 5) is 14.3. The highest BCUT2D eigenvalue weighted by molar-refractivity contribution is 5.82. The molecule has 1 amide bonds. The Morgan fingerprint density at radius 2 is 1.61 bits per heavy atom. The Kier molecular flexibility index (Phi) is 5.22. The monoisotopic (exact) mass is 310 g/mol. The average Bonchev–Trinajstić information content (AvgIpc) is 2.54. The van der Waals surface area contributed by atoms with Gasteiger partial charge in [0, 0.05) is 13.6 Å². The van der Waals surface area contributed by atoms with E-state index in [1.807, 2.05) is 58.2 Å². The van der Waals surface area contributed by atoms with Gasteiger partial charge in [0.25, 0.3) is 0 Å². The molecule has 0 spiro atoms. The van der Waals surface area contributed by atoms with Crippen LogP contribution >= 0.6 is 0 Å². The molecule has 0 aliphatic carbocycles. The fourth-order valence-corrected chi connectivity index (χ4v) is 2.50. The first kappa shape index (κ1) is 17.2. The second-order valence-corrected chi connectivity index (χ2v) is 7.06. The maximum absolute atomic E-state index is 12.5. The van der Waals surface area contributed by atoms with Crippen LogP contribution < -0.4 is 5.73 Å². The second-order valence-electron chi connectivity index (χ2n) is 7.06. The van der Waals surface area contributed by atoms with Crippen molar-refractivity contribution in [1.82, 2.24) is 4.90 Å². The molecule has 3 nitrogen and oxygen atoms in total. The molecule has 3 heteroatoms. The van der Waals surface area contributed by atoms with Crippen LogP contribution in [0.3, 0.4) is 0 Å². The Labute approximate surface area is 139 Å². The number of nitrogens with zero attached hydrogens (tertiary/aromatic N) is 1. The Bertz CT molecular complexity index is 659. The minimum Gasteiger partial charge on any atom is -0.340 e. The SMILES string of the molecule is CN(Cc1ccccc1-c1ccccc1)C(=O)[C@@H](N)C(C)(C)C. The predicted octanol–water partition coefficient (Wildman–Crippen LogP) is 3.69. The number of likely N-dealkylation sites (N-methyl/N-ethyl adjacent to an activating group) is 1. The summed E-state index contributed by atoms with van der Waals surface area (Å²) in [5.74, 6) is -0.0274. The molecule has 0 saturated carbocycles. The zero-order valence-electron chi connectivity index (χ0n) is 14.4. The minimum atomic E-state index is -0.503. The van der Waals surface area contributed by atoms with Gasteiger partial charge in [-0.2, -0.15) is 0 Å². The maximum Gasteiger partial charge on any atom is 0.240 e. The highest BCUT2D eigenvalue weighted by Gasteiger charge is 2.29. The lowest BCUT2D eigenvalue weighted by Gasteiger charge is -2.30. The Hall–Kier alpha value is -2.13. The van der Waals surface area contributed by atoms with Crippen LogP contribution in [0.1, 0.15) is 26.3 Å². The number of carbonyl (C=O) groups is 1. The van der Waals surface area contributed by atoms with E-state index >= 15 is 0 Å². The molecule has 0 saturated heterocycles. The van der Waals surface area contributed by atoms with Gasteiger partial charge < -0.3 is 10.6 Å². The number of rotatable bonds is 4. The Morgan fingerprint density at radius 1 is 1.04 bits per heavy atom. The number of carbonyl (C=O) groups excluding carboxylic acids is 1. The van der Waals surface area contributed by atoms with Gasteiger partial charge in [-0.1, -0.05) is 75.4 Å². The van der Waals surface area contributed by atoms with Crippen LogP contribution in [0, 0.1) is 5.41 Å². The van der Waals surface area contributed by atoms with E-state index in [4.69, 9.17) is 5.73 Å². The molecule has 2 aromatic carbocycles. The van der Waals surface area contributed by atoms with Crippen molar-refractivity contribution < 1.29 is 4.79 Å². The van der Waals surface area contributed by atoms with E-state index in [-0.39, 0.29) is 11.3 Å². The van der Waals surface area contributed by atoms with Gasteiger partial charge in [-0.15, -0.1) is 0 Å². The van der Waals surface area contributed by atoms with Crippen molar-refractivity contribution in [3.8, 4) is 11.1 Å². The number of benzene rings is 2. The van der Waals surface area contributed by atoms with Crippen LogP contribution in [0.25, 0.3) is 11.1 Å². The van der Waals surface area contributed by atoms with Crippen molar-refractivity contribution >= 4 is 5.91 Å². The van der Waals surface area contributed by atoms with Gasteiger partial charge >= 0.3 is 0 Å². The molecule has 0 bridgehead atoms. The third-order valence-corrected chi connectivity index (χ3v) is 4.08. The van der Waals surface area contributed by atoms with Crippen LogP contribution in [0.4, 0.5) is 0 Å². The van der Waals surface area contributed by atoms with Crippen molar-refractivity contribution in [2.45, 2.75) is 33.4 Å². The molecule has 0 aliphatic rings. The van der Waals surface area contributed by atoms with Gasteiger partial charge in [-0.3, -0.25) is 4.79 Å². The standard InChI is InChI=1S/C20H26N2O/c1-20(2,3)18(21)19(23)22(4)14-16-12-8-9-13-17(16)15-10-6-5-7-11-15/h5-13,18H,14,21H2,1-4H3/t18-/m1/s1. The molecule has 0 aromatic heterocycles. The van der Waals surface area contributed by atoms with Crippen LogP contribution in [0.5, 0.6) is 0 Å². The molecule has 0 radical (unpaired) electrons. The lowest BCUT2D eigenvalue weighted by Crippen LogP contribution is -2.48. The molecule has 0 heterocycles. The summed E-state index contributed by atoms with van der Waals surface area (Å²) in [5, 5.41) is 0. The molecular weight excluding hydrogens is 284 g/mol. The maximum atomic E-state index is 12.5. The average molecular weight is 310 g/mol. The number of hydrogen-bond donors (Lipinski definition) is 1. The van der Waals surface area contributed by atoms with E-state index in [0.717, 1.165) is 16.7 Å². The molecule has 1 atom stereocenters. The fourth-order valence-electron chi connectivity index (χ4n) is 2.50. The molecule has 23 heavy (non-hydrogen) atoms. The number of nitrogens with two attached hydrogens (primary N) is 1. The first-order valence-electron chi connectivity index (χ1n) is 7.94. The van der Waals surface area contributed by atoms with Gasteiger partial charge in [-0.05, 0) is 22.1 Å². The van der Waals surface area contributed by atoms with Crippen molar-refractivity contribution in [3.05, 3.63) is 60.2 Å². The lowest BCUT2D eigenvalue weighted by molar-refractivity contribution is -0.134. The van der Waals surface area contributed by atoms with Gasteiger partial charge in [-0.25, -0.2) is 0 Å². The van der Waals surface area contributed by atoms with E-state index in [1.165, 1.54) is 0 Å². The first-order chi connectivity index (χ1) is 10.8. The smallest absolute Gasteiger partial charge is 0.240 e. The highest BCUT2D eigenvalue weighted by atomic mass is 16.2. The summed E-state index contributed by atoms with van der Waals surface area (Å²) in [6.07, 6.45) is 0. The molecule has 2 aromatic rings. The summed E-state index contributed by atoms with van der Waals surface area (Å²) in [6.45, 7) is 6.51. The van der Waals surface area contributed by atoms with Crippen molar-refractivity contribution in [1.29, 1.82) is 0 Å². The molecule has 0 aliphatic heterocycles. The van der Waals surface area contributed by atoms with E-state index in [2.05, 4.69) is 24.3 Å². The largest absolute Gasteiger partial charge is 0.340 e. The highest BCUT2D eigenvalue weighted by Crippen LogP contribution is 2.25. The number of hydrogen-bond acceptors (Lipinski definition) is 2. The second kappa shape index (κ2) is 6.97. The molecule has 0 unspecified atom stereocenters. The van der Waals surface area contributed by atoms with E-state index in [0.29, 0.717) is 6.54 Å². The number of amides is 1. The fraction of sp³-hybridized carbons (Fsp3) is 0.350. The molecule has 122 valence electrons. The van der Waals surface area contributed by atoms with Crippen molar-refractivity contribution in [2.24, 2.45) is 11.1 Å². The van der Waals surface area contributed by atoms with Crippen LogP contribution in [0.2, 0.25) is 0 Å². The van der Waals surface area contributed by atoms with Crippen molar-refractivity contribution in [2.75, 3.05) is 7.05 Å². The first-order valence-corrected chi connectivity index (χ1v) is 7.94. The molecular formula is C20H26N2O. The minimum absolute atomic E-state index is 0.0274.